The van der Waals surface area contributed by atoms with Crippen molar-refractivity contribution in [3.63, 3.8) is 0 Å². The van der Waals surface area contributed by atoms with Crippen molar-refractivity contribution in [2.75, 3.05) is 24.6 Å². The third kappa shape index (κ3) is 4.85. The maximum absolute atomic E-state index is 12.0. The highest BCUT2D eigenvalue weighted by molar-refractivity contribution is 7.75. The molecule has 0 rings (SSSR count). The molecule has 0 bridgehead atoms. The maximum Gasteiger partial charge on any atom is 0.392 e. The van der Waals surface area contributed by atoms with Crippen LogP contribution in [0, 0.1) is 0 Å². The third-order valence-electron chi connectivity index (χ3n) is 2.88. The summed E-state index contributed by atoms with van der Waals surface area (Å²) >= 11 is 0. The second-order valence-corrected chi connectivity index (χ2v) is 8.41. The predicted octanol–water partition coefficient (Wildman–Crippen LogP) is 4.02. The van der Waals surface area contributed by atoms with E-state index in [1.54, 1.807) is 0 Å². The van der Waals surface area contributed by atoms with Gasteiger partial charge in [0.2, 0.25) is 0 Å². The Morgan fingerprint density at radius 1 is 0.923 bits per heavy atom. The molecule has 0 fully saturated rings. The lowest BCUT2D eigenvalue weighted by atomic mass is 10.5. The fraction of sp³-hybridized carbons (Fsp3) is 1.00. The fourth-order valence-electron chi connectivity index (χ4n) is 1.51. The molecule has 0 aromatic heterocycles. The van der Waals surface area contributed by atoms with E-state index in [0.717, 1.165) is 18.5 Å². The van der Waals surface area contributed by atoms with Crippen LogP contribution >= 0.6 is 7.26 Å². The summed E-state index contributed by atoms with van der Waals surface area (Å²) in [6, 6.07) is 0. The van der Waals surface area contributed by atoms with Gasteiger partial charge >= 0.3 is 6.18 Å². The van der Waals surface area contributed by atoms with Crippen molar-refractivity contribution in [3.8, 4) is 0 Å². The number of rotatable bonds is 5. The molecule has 0 N–H and O–H groups in total. The number of alkyl halides is 3. The van der Waals surface area contributed by atoms with Gasteiger partial charge in [-0.05, 0) is 20.8 Å². The molecule has 0 amide bonds. The molecule has 0 spiro atoms. The molecule has 0 aromatic rings. The largest absolute Gasteiger partial charge is 0.392 e. The summed E-state index contributed by atoms with van der Waals surface area (Å²) < 4.78 is 36.0. The van der Waals surface area contributed by atoms with Crippen LogP contribution in [0.3, 0.4) is 0 Å². The topological polar surface area (TPSA) is 0 Å². The van der Waals surface area contributed by atoms with E-state index >= 15 is 0 Å². The highest BCUT2D eigenvalue weighted by Crippen LogP contribution is 2.58. The number of hydrogen-bond acceptors (Lipinski definition) is 0. The molecular weight excluding hydrogens is 196 g/mol. The zero-order chi connectivity index (χ0) is 10.5. The van der Waals surface area contributed by atoms with Crippen LogP contribution in [0.15, 0.2) is 0 Å². The van der Waals surface area contributed by atoms with E-state index in [0.29, 0.717) is 6.16 Å². The first-order chi connectivity index (χ1) is 5.89. The van der Waals surface area contributed by atoms with Crippen molar-refractivity contribution < 1.29 is 13.2 Å². The second-order valence-electron chi connectivity index (χ2n) is 3.38. The highest BCUT2D eigenvalue weighted by atomic mass is 31.2. The summed E-state index contributed by atoms with van der Waals surface area (Å²) in [4.78, 5) is 0. The van der Waals surface area contributed by atoms with E-state index < -0.39 is 19.9 Å². The minimum Gasteiger partial charge on any atom is -0.171 e. The van der Waals surface area contributed by atoms with Gasteiger partial charge in [-0.15, -0.1) is 0 Å². The lowest BCUT2D eigenvalue weighted by molar-refractivity contribution is -0.129. The molecule has 0 unspecified atom stereocenters. The molecule has 0 aliphatic rings. The molecule has 13 heavy (non-hydrogen) atoms. The SMILES string of the molecule is CC[P+](CC)(CC)CCC(F)(F)F. The van der Waals surface area contributed by atoms with Gasteiger partial charge < -0.3 is 0 Å². The molecule has 0 heterocycles. The molecule has 0 nitrogen and oxygen atoms in total. The zero-order valence-corrected chi connectivity index (χ0v) is 9.51. The molecule has 0 radical (unpaired) electrons. The quantitative estimate of drug-likeness (QED) is 0.608. The van der Waals surface area contributed by atoms with E-state index in [2.05, 4.69) is 0 Å². The molecule has 4 heteroatoms. The van der Waals surface area contributed by atoms with Crippen LogP contribution < -0.4 is 0 Å². The first kappa shape index (κ1) is 13.2. The van der Waals surface area contributed by atoms with Gasteiger partial charge in [-0.2, -0.15) is 13.2 Å². The second kappa shape index (κ2) is 5.19. The first-order valence-electron chi connectivity index (χ1n) is 4.81. The summed E-state index contributed by atoms with van der Waals surface area (Å²) in [5.41, 5.74) is 0. The summed E-state index contributed by atoms with van der Waals surface area (Å²) in [6.07, 6.45) is -1.30. The highest BCUT2D eigenvalue weighted by Gasteiger charge is 2.37. The molecule has 0 saturated carbocycles. The van der Waals surface area contributed by atoms with Crippen LogP contribution in [0.5, 0.6) is 0 Å². The lowest BCUT2D eigenvalue weighted by Crippen LogP contribution is -2.15. The normalized spacial score (nSPS) is 13.4. The zero-order valence-electron chi connectivity index (χ0n) is 8.62. The molecule has 0 aliphatic carbocycles. The van der Waals surface area contributed by atoms with Crippen LogP contribution in [0.1, 0.15) is 27.2 Å². The van der Waals surface area contributed by atoms with E-state index in [4.69, 9.17) is 0 Å². The van der Waals surface area contributed by atoms with Crippen molar-refractivity contribution in [2.45, 2.75) is 33.4 Å². The molecule has 0 aromatic carbocycles. The van der Waals surface area contributed by atoms with Crippen LogP contribution in [-0.2, 0) is 0 Å². The van der Waals surface area contributed by atoms with Crippen molar-refractivity contribution in [3.05, 3.63) is 0 Å². The Kier molecular flexibility index (Phi) is 5.28. The van der Waals surface area contributed by atoms with Crippen LogP contribution in [0.2, 0.25) is 0 Å². The van der Waals surface area contributed by atoms with Gasteiger partial charge in [0.15, 0.2) is 0 Å². The van der Waals surface area contributed by atoms with Crippen LogP contribution in [0.4, 0.5) is 13.2 Å². The van der Waals surface area contributed by atoms with Gasteiger partial charge in [-0.3, -0.25) is 0 Å². The predicted molar refractivity (Wildman–Crippen MR) is 54.1 cm³/mol. The van der Waals surface area contributed by atoms with Gasteiger partial charge in [-0.1, -0.05) is 0 Å². The average Bonchev–Trinajstić information content (AvgIpc) is 2.06. The number of halogens is 3. The Balaban J connectivity index is 4.11. The number of hydrogen-bond donors (Lipinski definition) is 0. The summed E-state index contributed by atoms with van der Waals surface area (Å²) in [6.45, 7) is 6.07. The fourth-order valence-corrected chi connectivity index (χ4v) is 4.53. The summed E-state index contributed by atoms with van der Waals surface area (Å²) in [7, 11) is -1.26. The smallest absolute Gasteiger partial charge is 0.171 e. The van der Waals surface area contributed by atoms with Gasteiger partial charge in [0.1, 0.15) is 0 Å². The molecule has 0 aliphatic heterocycles. The van der Waals surface area contributed by atoms with Crippen molar-refractivity contribution in [1.29, 1.82) is 0 Å². The van der Waals surface area contributed by atoms with Crippen LogP contribution in [-0.4, -0.2) is 30.8 Å². The van der Waals surface area contributed by atoms with Gasteiger partial charge in [-0.25, -0.2) is 0 Å². The van der Waals surface area contributed by atoms with E-state index in [9.17, 15) is 13.2 Å². The van der Waals surface area contributed by atoms with E-state index in [1.807, 2.05) is 20.8 Å². The van der Waals surface area contributed by atoms with Gasteiger partial charge in [0, 0.05) is 7.26 Å². The first-order valence-corrected chi connectivity index (χ1v) is 7.34. The molecule has 80 valence electrons. The Labute approximate surface area is 79.2 Å². The maximum atomic E-state index is 12.0. The Hall–Kier alpha value is 0.220. The van der Waals surface area contributed by atoms with E-state index in [-0.39, 0.29) is 0 Å². The third-order valence-corrected chi connectivity index (χ3v) is 8.08. The molecule has 0 atom stereocenters. The lowest BCUT2D eigenvalue weighted by Gasteiger charge is -2.23. The summed E-state index contributed by atoms with van der Waals surface area (Å²) in [5.74, 6) is 0. The van der Waals surface area contributed by atoms with Crippen molar-refractivity contribution in [1.82, 2.24) is 0 Å². The standard InChI is InChI=1S/C9H19F3P/c1-4-13(5-2,6-3)8-7-9(10,11)12/h4-8H2,1-3H3/q+1. The summed E-state index contributed by atoms with van der Waals surface area (Å²) in [5, 5.41) is 0. The van der Waals surface area contributed by atoms with Gasteiger partial charge in [0.25, 0.3) is 0 Å². The van der Waals surface area contributed by atoms with Crippen molar-refractivity contribution >= 4 is 7.26 Å². The Bertz CT molecular complexity index is 130. The van der Waals surface area contributed by atoms with E-state index in [1.165, 1.54) is 0 Å². The minimum atomic E-state index is -3.97. The minimum absolute atomic E-state index is 0.389. The molecular formula is C9H19F3P+. The Morgan fingerprint density at radius 3 is 1.54 bits per heavy atom. The monoisotopic (exact) mass is 215 g/mol. The van der Waals surface area contributed by atoms with Gasteiger partial charge in [0.05, 0.1) is 31.1 Å². The Morgan fingerprint density at radius 2 is 1.31 bits per heavy atom. The van der Waals surface area contributed by atoms with Crippen molar-refractivity contribution in [2.24, 2.45) is 0 Å². The van der Waals surface area contributed by atoms with Crippen LogP contribution in [0.25, 0.3) is 0 Å². The average molecular weight is 215 g/mol. The molecule has 0 saturated heterocycles.